The van der Waals surface area contributed by atoms with Crippen molar-refractivity contribution in [2.24, 2.45) is 11.1 Å². The molecule has 98 valence electrons. The van der Waals surface area contributed by atoms with E-state index in [1.807, 2.05) is 6.92 Å². The quantitative estimate of drug-likeness (QED) is 0.900. The first-order valence-electron chi connectivity index (χ1n) is 6.03. The lowest BCUT2D eigenvalue weighted by atomic mass is 9.81. The van der Waals surface area contributed by atoms with Crippen LogP contribution in [0.2, 0.25) is 0 Å². The van der Waals surface area contributed by atoms with Crippen LogP contribution in [-0.4, -0.2) is 22.4 Å². The number of carbonyl (C=O) groups is 1. The molecule has 1 N–H and O–H groups in total. The maximum absolute atomic E-state index is 11.3. The van der Waals surface area contributed by atoms with Gasteiger partial charge in [0.1, 0.15) is 0 Å². The highest BCUT2D eigenvalue weighted by molar-refractivity contribution is 6.06. The zero-order valence-electron chi connectivity index (χ0n) is 10.8. The number of carboxylic acid groups (broad SMARTS) is 1. The first-order valence-corrected chi connectivity index (χ1v) is 6.03. The number of nitriles is 1. The molecule has 0 saturated heterocycles. The molecule has 0 amide bonds. The standard InChI is InChI=1S/C14H14N2O3/c1-3-11-12(16-19-14(11,2)13(17)18)10-6-4-5-9(7-10)8-15/h4-7,11H,3H2,1-2H3,(H,17,18). The molecule has 1 aromatic carbocycles. The summed E-state index contributed by atoms with van der Waals surface area (Å²) < 4.78 is 0. The summed E-state index contributed by atoms with van der Waals surface area (Å²) in [5, 5.41) is 22.1. The lowest BCUT2D eigenvalue weighted by Gasteiger charge is -2.23. The molecule has 1 aliphatic heterocycles. The minimum Gasteiger partial charge on any atom is -0.478 e. The Bertz CT molecular complexity index is 589. The van der Waals surface area contributed by atoms with Gasteiger partial charge in [-0.1, -0.05) is 24.2 Å². The first kappa shape index (κ1) is 13.1. The predicted molar refractivity (Wildman–Crippen MR) is 68.6 cm³/mol. The molecule has 5 heteroatoms. The van der Waals surface area contributed by atoms with Crippen molar-refractivity contribution in [1.29, 1.82) is 5.26 Å². The van der Waals surface area contributed by atoms with E-state index in [0.717, 1.165) is 5.56 Å². The third-order valence-corrected chi connectivity index (χ3v) is 3.45. The molecular weight excluding hydrogens is 244 g/mol. The number of nitrogens with zero attached hydrogens (tertiary/aromatic N) is 2. The maximum Gasteiger partial charge on any atom is 0.351 e. The summed E-state index contributed by atoms with van der Waals surface area (Å²) in [7, 11) is 0. The summed E-state index contributed by atoms with van der Waals surface area (Å²) in [5.41, 5.74) is 0.492. The van der Waals surface area contributed by atoms with Gasteiger partial charge in [0.15, 0.2) is 0 Å². The SMILES string of the molecule is CCC1C(c2cccc(C#N)c2)=NOC1(C)C(=O)O. The molecule has 0 aliphatic carbocycles. The van der Waals surface area contributed by atoms with E-state index in [-0.39, 0.29) is 5.92 Å². The molecule has 0 bridgehead atoms. The molecule has 2 unspecified atom stereocenters. The number of hydrogen-bond acceptors (Lipinski definition) is 4. The Labute approximate surface area is 111 Å². The van der Waals surface area contributed by atoms with Crippen molar-refractivity contribution < 1.29 is 14.7 Å². The van der Waals surface area contributed by atoms with Crippen molar-refractivity contribution in [3.05, 3.63) is 35.4 Å². The molecule has 0 radical (unpaired) electrons. The third-order valence-electron chi connectivity index (χ3n) is 3.45. The fraction of sp³-hybridized carbons (Fsp3) is 0.357. The van der Waals surface area contributed by atoms with Crippen LogP contribution in [0.4, 0.5) is 0 Å². The predicted octanol–water partition coefficient (Wildman–Crippen LogP) is 2.16. The van der Waals surface area contributed by atoms with Crippen LogP contribution in [0.1, 0.15) is 31.4 Å². The smallest absolute Gasteiger partial charge is 0.351 e. The van der Waals surface area contributed by atoms with Crippen molar-refractivity contribution in [2.45, 2.75) is 25.9 Å². The van der Waals surface area contributed by atoms with E-state index in [1.165, 1.54) is 6.92 Å². The molecule has 0 saturated carbocycles. The van der Waals surface area contributed by atoms with Crippen LogP contribution in [0.3, 0.4) is 0 Å². The van der Waals surface area contributed by atoms with Crippen LogP contribution >= 0.6 is 0 Å². The van der Waals surface area contributed by atoms with E-state index < -0.39 is 11.6 Å². The van der Waals surface area contributed by atoms with Gasteiger partial charge in [-0.25, -0.2) is 4.79 Å². The maximum atomic E-state index is 11.3. The lowest BCUT2D eigenvalue weighted by molar-refractivity contribution is -0.164. The molecule has 0 fully saturated rings. The normalized spacial score (nSPS) is 25.3. The van der Waals surface area contributed by atoms with E-state index in [2.05, 4.69) is 11.2 Å². The van der Waals surface area contributed by atoms with Gasteiger partial charge in [-0.15, -0.1) is 0 Å². The van der Waals surface area contributed by atoms with E-state index >= 15 is 0 Å². The summed E-state index contributed by atoms with van der Waals surface area (Å²) in [5.74, 6) is -1.37. The fourth-order valence-corrected chi connectivity index (χ4v) is 2.31. The van der Waals surface area contributed by atoms with E-state index in [0.29, 0.717) is 17.7 Å². The van der Waals surface area contributed by atoms with Gasteiger partial charge in [0.2, 0.25) is 5.60 Å². The second-order valence-corrected chi connectivity index (χ2v) is 4.63. The molecule has 2 rings (SSSR count). The molecule has 19 heavy (non-hydrogen) atoms. The van der Waals surface area contributed by atoms with E-state index in [4.69, 9.17) is 10.1 Å². The van der Waals surface area contributed by atoms with E-state index in [9.17, 15) is 9.90 Å². The van der Waals surface area contributed by atoms with Gasteiger partial charge in [0.05, 0.1) is 23.3 Å². The zero-order chi connectivity index (χ0) is 14.0. The van der Waals surface area contributed by atoms with E-state index in [1.54, 1.807) is 24.3 Å². The Kier molecular flexibility index (Phi) is 3.26. The van der Waals surface area contributed by atoms with Crippen LogP contribution in [0, 0.1) is 17.2 Å². The number of aliphatic carboxylic acids is 1. The molecule has 1 aromatic rings. The molecule has 0 aromatic heterocycles. The van der Waals surface area contributed by atoms with Gasteiger partial charge in [-0.3, -0.25) is 0 Å². The van der Waals surface area contributed by atoms with Crippen LogP contribution in [0.15, 0.2) is 29.4 Å². The Morgan fingerprint density at radius 2 is 2.37 bits per heavy atom. The van der Waals surface area contributed by atoms with Crippen LogP contribution in [0.25, 0.3) is 0 Å². The van der Waals surface area contributed by atoms with Crippen molar-refractivity contribution >= 4 is 11.7 Å². The summed E-state index contributed by atoms with van der Waals surface area (Å²) in [4.78, 5) is 16.5. The first-order chi connectivity index (χ1) is 9.02. The highest BCUT2D eigenvalue weighted by atomic mass is 16.7. The lowest BCUT2D eigenvalue weighted by Crippen LogP contribution is -2.43. The minimum atomic E-state index is -1.34. The van der Waals surface area contributed by atoms with Crippen molar-refractivity contribution in [3.63, 3.8) is 0 Å². The molecule has 2 atom stereocenters. The summed E-state index contributed by atoms with van der Waals surface area (Å²) in [6.07, 6.45) is 0.596. The van der Waals surface area contributed by atoms with Crippen LogP contribution < -0.4 is 0 Å². The summed E-state index contributed by atoms with van der Waals surface area (Å²) >= 11 is 0. The molecule has 0 spiro atoms. The topological polar surface area (TPSA) is 82.7 Å². The largest absolute Gasteiger partial charge is 0.478 e. The number of benzene rings is 1. The van der Waals surface area contributed by atoms with Gasteiger partial charge >= 0.3 is 5.97 Å². The molecule has 1 heterocycles. The zero-order valence-corrected chi connectivity index (χ0v) is 10.8. The number of rotatable bonds is 3. The average Bonchev–Trinajstić information content (AvgIpc) is 2.77. The van der Waals surface area contributed by atoms with Crippen molar-refractivity contribution in [2.75, 3.05) is 0 Å². The molecule has 5 nitrogen and oxygen atoms in total. The number of oxime groups is 1. The second kappa shape index (κ2) is 4.73. The molecular formula is C14H14N2O3. The minimum absolute atomic E-state index is 0.334. The number of hydrogen-bond donors (Lipinski definition) is 1. The highest BCUT2D eigenvalue weighted by Crippen LogP contribution is 2.35. The Morgan fingerprint density at radius 1 is 1.63 bits per heavy atom. The van der Waals surface area contributed by atoms with Crippen molar-refractivity contribution in [3.8, 4) is 6.07 Å². The van der Waals surface area contributed by atoms with Gasteiger partial charge in [0.25, 0.3) is 0 Å². The number of carboxylic acids is 1. The second-order valence-electron chi connectivity index (χ2n) is 4.63. The summed E-state index contributed by atoms with van der Waals surface area (Å²) in [6, 6.07) is 8.99. The van der Waals surface area contributed by atoms with Crippen molar-refractivity contribution in [1.82, 2.24) is 0 Å². The Morgan fingerprint density at radius 3 is 2.95 bits per heavy atom. The monoisotopic (exact) mass is 258 g/mol. The van der Waals surface area contributed by atoms with Gasteiger partial charge in [-0.2, -0.15) is 5.26 Å². The van der Waals surface area contributed by atoms with Gasteiger partial charge < -0.3 is 9.94 Å². The van der Waals surface area contributed by atoms with Gasteiger partial charge in [-0.05, 0) is 25.5 Å². The van der Waals surface area contributed by atoms with Gasteiger partial charge in [0, 0.05) is 5.56 Å². The Balaban J connectivity index is 2.41. The van der Waals surface area contributed by atoms with Crippen LogP contribution in [-0.2, 0) is 9.63 Å². The third kappa shape index (κ3) is 2.06. The highest BCUT2D eigenvalue weighted by Gasteiger charge is 2.50. The Hall–Kier alpha value is -2.35. The molecule has 1 aliphatic rings. The van der Waals surface area contributed by atoms with Crippen LogP contribution in [0.5, 0.6) is 0 Å². The summed E-state index contributed by atoms with van der Waals surface area (Å²) in [6.45, 7) is 3.42. The average molecular weight is 258 g/mol. The fourth-order valence-electron chi connectivity index (χ4n) is 2.31.